The molecule has 0 radical (unpaired) electrons. The van der Waals surface area contributed by atoms with Crippen LogP contribution in [-0.4, -0.2) is 0 Å². The molecule has 0 N–H and O–H groups in total. The van der Waals surface area contributed by atoms with Crippen molar-refractivity contribution in [2.24, 2.45) is 0 Å². The highest BCUT2D eigenvalue weighted by Gasteiger charge is 2.24. The van der Waals surface area contributed by atoms with Crippen LogP contribution in [-0.2, 0) is 0 Å². The van der Waals surface area contributed by atoms with Gasteiger partial charge in [-0.05, 0) is 187 Å². The first-order chi connectivity index (χ1) is 35.7. The third kappa shape index (κ3) is 8.39. The normalized spacial score (nSPS) is 14.6. The SMILES string of the molecule is c1ccc(-c2c3ccc(N(c4ccc(C5CCCCC5)cc4)c4ccc5ccccc5c4)cc3c(-c3ccccc3)c3ccc(N(c4ccc(C5CCCCC5)cc4)c4ccc5ccccc5c4)cc23)cc1. The molecule has 0 aromatic heterocycles. The summed E-state index contributed by atoms with van der Waals surface area (Å²) in [5.41, 5.74) is 14.7. The van der Waals surface area contributed by atoms with Gasteiger partial charge in [0.25, 0.3) is 0 Å². The van der Waals surface area contributed by atoms with E-state index < -0.39 is 0 Å². The Morgan fingerprint density at radius 1 is 0.250 bits per heavy atom. The molecule has 0 saturated heterocycles. The summed E-state index contributed by atoms with van der Waals surface area (Å²) in [6, 6.07) is 87.0. The second kappa shape index (κ2) is 19.3. The molecular formula is C70H60N2. The third-order valence-corrected chi connectivity index (χ3v) is 16.2. The molecule has 0 bridgehead atoms. The molecule has 2 aliphatic rings. The van der Waals surface area contributed by atoms with Crippen LogP contribution in [0.2, 0.25) is 0 Å². The van der Waals surface area contributed by atoms with E-state index in [9.17, 15) is 0 Å². The Morgan fingerprint density at radius 2 is 0.583 bits per heavy atom. The minimum Gasteiger partial charge on any atom is -0.310 e. The summed E-state index contributed by atoms with van der Waals surface area (Å²) >= 11 is 0. The van der Waals surface area contributed by atoms with E-state index in [1.54, 1.807) is 0 Å². The molecule has 11 aromatic rings. The zero-order valence-corrected chi connectivity index (χ0v) is 41.1. The molecule has 2 nitrogen and oxygen atoms in total. The van der Waals surface area contributed by atoms with Gasteiger partial charge in [-0.1, -0.05) is 196 Å². The molecule has 2 aliphatic carbocycles. The molecule has 0 spiro atoms. The van der Waals surface area contributed by atoms with Crippen LogP contribution in [0.4, 0.5) is 34.1 Å². The standard InChI is InChI=1S/C70H60N2/c1-5-17-49(18-6-1)53-29-35-59(36-30-53)71(61-39-33-51-21-13-15-27-57(51)45-61)63-41-43-65-67(47-63)69(55-23-9-3-10-24-55)66-44-42-64(48-68(66)70(65)56-25-11-4-12-26-56)72(62-40-34-52-22-14-16-28-58(52)46-62)60-37-31-54(32-38-60)50-19-7-2-8-20-50/h3-4,9-16,21-50H,1-2,5-8,17-20H2. The van der Waals surface area contributed by atoms with Crippen LogP contribution < -0.4 is 9.80 Å². The van der Waals surface area contributed by atoms with Crippen LogP contribution in [0.5, 0.6) is 0 Å². The fraction of sp³-hybridized carbons (Fsp3) is 0.171. The Labute approximate surface area is 424 Å². The van der Waals surface area contributed by atoms with Crippen LogP contribution in [0.15, 0.2) is 231 Å². The topological polar surface area (TPSA) is 6.48 Å². The van der Waals surface area contributed by atoms with Crippen LogP contribution in [0.1, 0.15) is 87.2 Å². The summed E-state index contributed by atoms with van der Waals surface area (Å²) in [6.45, 7) is 0. The first kappa shape index (κ1) is 44.0. The van der Waals surface area contributed by atoms with Gasteiger partial charge in [0.15, 0.2) is 0 Å². The largest absolute Gasteiger partial charge is 0.310 e. The number of hydrogen-bond acceptors (Lipinski definition) is 2. The van der Waals surface area contributed by atoms with Gasteiger partial charge in [-0.25, -0.2) is 0 Å². The molecule has 0 atom stereocenters. The van der Waals surface area contributed by atoms with Crippen LogP contribution >= 0.6 is 0 Å². The fourth-order valence-electron chi connectivity index (χ4n) is 12.5. The Hall–Kier alpha value is -7.94. The molecule has 13 rings (SSSR count). The van der Waals surface area contributed by atoms with Crippen LogP contribution in [0.3, 0.4) is 0 Å². The van der Waals surface area contributed by atoms with E-state index in [1.165, 1.54) is 152 Å². The number of rotatable bonds is 10. The number of fused-ring (bicyclic) bond motifs is 4. The van der Waals surface area contributed by atoms with Crippen molar-refractivity contribution in [2.45, 2.75) is 76.0 Å². The van der Waals surface area contributed by atoms with E-state index >= 15 is 0 Å². The fourth-order valence-corrected chi connectivity index (χ4v) is 12.5. The monoisotopic (exact) mass is 928 g/mol. The first-order valence-corrected chi connectivity index (χ1v) is 26.6. The van der Waals surface area contributed by atoms with Gasteiger partial charge in [0.05, 0.1) is 0 Å². The second-order valence-electron chi connectivity index (χ2n) is 20.5. The summed E-state index contributed by atoms with van der Waals surface area (Å²) in [6.07, 6.45) is 13.2. The van der Waals surface area contributed by atoms with Gasteiger partial charge in [-0.15, -0.1) is 0 Å². The van der Waals surface area contributed by atoms with Crippen LogP contribution in [0.25, 0.3) is 65.3 Å². The summed E-state index contributed by atoms with van der Waals surface area (Å²) < 4.78 is 0. The molecule has 2 fully saturated rings. The number of hydrogen-bond donors (Lipinski definition) is 0. The quantitative estimate of drug-likeness (QED) is 0.126. The smallest absolute Gasteiger partial charge is 0.0468 e. The van der Waals surface area contributed by atoms with Gasteiger partial charge in [0.2, 0.25) is 0 Å². The van der Waals surface area contributed by atoms with E-state index in [4.69, 9.17) is 0 Å². The van der Waals surface area contributed by atoms with Gasteiger partial charge >= 0.3 is 0 Å². The molecule has 72 heavy (non-hydrogen) atoms. The van der Waals surface area contributed by atoms with Crippen molar-refractivity contribution in [3.63, 3.8) is 0 Å². The van der Waals surface area contributed by atoms with Crippen molar-refractivity contribution < 1.29 is 0 Å². The highest BCUT2D eigenvalue weighted by Crippen LogP contribution is 2.49. The lowest BCUT2D eigenvalue weighted by atomic mass is 9.84. The zero-order valence-electron chi connectivity index (χ0n) is 41.1. The Balaban J connectivity index is 1.03. The Kier molecular flexibility index (Phi) is 11.8. The molecule has 2 heteroatoms. The molecule has 0 aliphatic heterocycles. The maximum atomic E-state index is 2.47. The minimum atomic E-state index is 0.646. The molecule has 11 aromatic carbocycles. The highest BCUT2D eigenvalue weighted by molar-refractivity contribution is 6.22. The van der Waals surface area contributed by atoms with Crippen molar-refractivity contribution >= 4 is 77.2 Å². The zero-order chi connectivity index (χ0) is 47.8. The van der Waals surface area contributed by atoms with E-state index in [2.05, 4.69) is 240 Å². The molecule has 2 saturated carbocycles. The average Bonchev–Trinajstić information content (AvgIpc) is 3.46. The number of anilines is 6. The predicted molar refractivity (Wildman–Crippen MR) is 308 cm³/mol. The van der Waals surface area contributed by atoms with Crippen molar-refractivity contribution in [1.82, 2.24) is 0 Å². The predicted octanol–water partition coefficient (Wildman–Crippen LogP) is 20.7. The highest BCUT2D eigenvalue weighted by atomic mass is 15.1. The van der Waals surface area contributed by atoms with Gasteiger partial charge in [-0.2, -0.15) is 0 Å². The summed E-state index contributed by atoms with van der Waals surface area (Å²) in [4.78, 5) is 4.95. The molecule has 0 unspecified atom stereocenters. The van der Waals surface area contributed by atoms with Gasteiger partial charge in [0.1, 0.15) is 0 Å². The van der Waals surface area contributed by atoms with E-state index in [0.29, 0.717) is 11.8 Å². The third-order valence-electron chi connectivity index (χ3n) is 16.2. The van der Waals surface area contributed by atoms with Crippen molar-refractivity contribution in [1.29, 1.82) is 0 Å². The lowest BCUT2D eigenvalue weighted by Gasteiger charge is -2.29. The van der Waals surface area contributed by atoms with E-state index in [0.717, 1.165) is 22.7 Å². The molecular weight excluding hydrogens is 869 g/mol. The first-order valence-electron chi connectivity index (χ1n) is 26.6. The van der Waals surface area contributed by atoms with E-state index in [-0.39, 0.29) is 0 Å². The summed E-state index contributed by atoms with van der Waals surface area (Å²) in [5.74, 6) is 1.29. The molecule has 350 valence electrons. The average molecular weight is 929 g/mol. The van der Waals surface area contributed by atoms with Gasteiger partial charge in [0, 0.05) is 34.1 Å². The maximum Gasteiger partial charge on any atom is 0.0468 e. The van der Waals surface area contributed by atoms with Crippen molar-refractivity contribution in [3.8, 4) is 22.3 Å². The minimum absolute atomic E-state index is 0.646. The number of benzene rings is 11. The molecule has 0 amide bonds. The van der Waals surface area contributed by atoms with Gasteiger partial charge in [-0.3, -0.25) is 0 Å². The van der Waals surface area contributed by atoms with Gasteiger partial charge < -0.3 is 9.80 Å². The lowest BCUT2D eigenvalue weighted by Crippen LogP contribution is -2.11. The Bertz CT molecular complexity index is 3450. The number of nitrogens with zero attached hydrogens (tertiary/aromatic N) is 2. The van der Waals surface area contributed by atoms with Crippen molar-refractivity contribution in [2.75, 3.05) is 9.80 Å². The molecule has 0 heterocycles. The second-order valence-corrected chi connectivity index (χ2v) is 20.5. The van der Waals surface area contributed by atoms with Crippen LogP contribution in [0, 0.1) is 0 Å². The summed E-state index contributed by atoms with van der Waals surface area (Å²) in [5, 5.41) is 9.87. The summed E-state index contributed by atoms with van der Waals surface area (Å²) in [7, 11) is 0. The maximum absolute atomic E-state index is 2.47. The van der Waals surface area contributed by atoms with Crippen molar-refractivity contribution in [3.05, 3.63) is 242 Å². The Morgan fingerprint density at radius 3 is 0.986 bits per heavy atom. The lowest BCUT2D eigenvalue weighted by molar-refractivity contribution is 0.443. The van der Waals surface area contributed by atoms with E-state index in [1.807, 2.05) is 0 Å².